The summed E-state index contributed by atoms with van der Waals surface area (Å²) < 4.78 is 33.2. The SMILES string of the molecule is O=C(Nc1ccc2oc3ccccc3c2c1)C1CCCN(S(=O)(=O)c2cccs2)C1. The van der Waals surface area contributed by atoms with Crippen LogP contribution in [0.15, 0.2) is 68.6 Å². The number of piperidine rings is 1. The van der Waals surface area contributed by atoms with E-state index < -0.39 is 10.0 Å². The molecule has 0 bridgehead atoms. The lowest BCUT2D eigenvalue weighted by atomic mass is 9.98. The van der Waals surface area contributed by atoms with Crippen LogP contribution in [0.25, 0.3) is 21.9 Å². The summed E-state index contributed by atoms with van der Waals surface area (Å²) in [4.78, 5) is 12.9. The number of nitrogens with one attached hydrogen (secondary N) is 1. The second-order valence-electron chi connectivity index (χ2n) is 7.43. The third-order valence-corrected chi connectivity index (χ3v) is 8.73. The van der Waals surface area contributed by atoms with Crippen LogP contribution in [-0.4, -0.2) is 31.7 Å². The lowest BCUT2D eigenvalue weighted by molar-refractivity contribution is -0.120. The molecule has 0 spiro atoms. The van der Waals surface area contributed by atoms with Crippen molar-refractivity contribution in [3.63, 3.8) is 0 Å². The van der Waals surface area contributed by atoms with Gasteiger partial charge in [-0.2, -0.15) is 4.31 Å². The Morgan fingerprint density at radius 2 is 1.90 bits per heavy atom. The van der Waals surface area contributed by atoms with E-state index in [2.05, 4.69) is 5.32 Å². The van der Waals surface area contributed by atoms with Crippen molar-refractivity contribution in [1.29, 1.82) is 0 Å². The number of anilines is 1. The highest BCUT2D eigenvalue weighted by Gasteiger charge is 2.33. The molecule has 1 atom stereocenters. The number of thiophene rings is 1. The van der Waals surface area contributed by atoms with Gasteiger partial charge in [-0.25, -0.2) is 8.42 Å². The predicted molar refractivity (Wildman–Crippen MR) is 118 cm³/mol. The van der Waals surface area contributed by atoms with E-state index in [1.165, 1.54) is 15.6 Å². The topological polar surface area (TPSA) is 79.6 Å². The zero-order valence-electron chi connectivity index (χ0n) is 16.1. The summed E-state index contributed by atoms with van der Waals surface area (Å²) >= 11 is 1.20. The van der Waals surface area contributed by atoms with Gasteiger partial charge in [-0.3, -0.25) is 4.79 Å². The molecule has 3 heterocycles. The van der Waals surface area contributed by atoms with Crippen LogP contribution in [0.5, 0.6) is 0 Å². The lowest BCUT2D eigenvalue weighted by Gasteiger charge is -2.30. The largest absolute Gasteiger partial charge is 0.456 e. The first-order valence-corrected chi connectivity index (χ1v) is 12.1. The summed E-state index contributed by atoms with van der Waals surface area (Å²) in [7, 11) is -3.54. The quantitative estimate of drug-likeness (QED) is 0.499. The van der Waals surface area contributed by atoms with Crippen molar-refractivity contribution in [2.45, 2.75) is 17.1 Å². The number of nitrogens with zero attached hydrogens (tertiary/aromatic N) is 1. The van der Waals surface area contributed by atoms with E-state index in [0.717, 1.165) is 21.9 Å². The van der Waals surface area contributed by atoms with Gasteiger partial charge in [-0.1, -0.05) is 24.3 Å². The molecule has 1 N–H and O–H groups in total. The number of carbonyl (C=O) groups excluding carboxylic acids is 1. The minimum Gasteiger partial charge on any atom is -0.456 e. The number of hydrogen-bond donors (Lipinski definition) is 1. The Morgan fingerprint density at radius 1 is 1.07 bits per heavy atom. The van der Waals surface area contributed by atoms with E-state index in [1.807, 2.05) is 42.5 Å². The first-order chi connectivity index (χ1) is 14.5. The van der Waals surface area contributed by atoms with Crippen molar-refractivity contribution < 1.29 is 17.6 Å². The summed E-state index contributed by atoms with van der Waals surface area (Å²) in [5.74, 6) is -0.543. The summed E-state index contributed by atoms with van der Waals surface area (Å²) in [5, 5.41) is 6.65. The average molecular weight is 441 g/mol. The van der Waals surface area contributed by atoms with Gasteiger partial charge in [0.1, 0.15) is 15.4 Å². The second-order valence-corrected chi connectivity index (χ2v) is 10.5. The maximum absolute atomic E-state index is 12.9. The standard InChI is InChI=1S/C22H20N2O4S2/c25-22(15-5-3-11-24(14-15)30(26,27)21-8-4-12-29-21)23-16-9-10-20-18(13-16)17-6-1-2-7-19(17)28-20/h1-2,4,6-10,12-13,15H,3,5,11,14H2,(H,23,25). The van der Waals surface area contributed by atoms with Crippen LogP contribution in [0.2, 0.25) is 0 Å². The maximum Gasteiger partial charge on any atom is 0.252 e. The highest BCUT2D eigenvalue weighted by Crippen LogP contribution is 2.31. The third-order valence-electron chi connectivity index (χ3n) is 5.49. The Labute approximate surface area is 178 Å². The van der Waals surface area contributed by atoms with Crippen LogP contribution in [0.4, 0.5) is 5.69 Å². The molecular formula is C22H20N2O4S2. The highest BCUT2D eigenvalue weighted by atomic mass is 32.2. The normalized spacial score (nSPS) is 18.1. The lowest BCUT2D eigenvalue weighted by Crippen LogP contribution is -2.43. The van der Waals surface area contributed by atoms with Crippen molar-refractivity contribution >= 4 is 54.9 Å². The summed E-state index contributed by atoms with van der Waals surface area (Å²) in [5.41, 5.74) is 2.25. The van der Waals surface area contributed by atoms with E-state index in [-0.39, 0.29) is 18.4 Å². The van der Waals surface area contributed by atoms with Gasteiger partial charge in [0.05, 0.1) is 5.92 Å². The maximum atomic E-state index is 12.9. The Bertz CT molecular complexity index is 1330. The minimum absolute atomic E-state index is 0.159. The van der Waals surface area contributed by atoms with E-state index >= 15 is 0 Å². The Balaban J connectivity index is 1.35. The number of benzene rings is 2. The average Bonchev–Trinajstić information content (AvgIpc) is 3.42. The fourth-order valence-electron chi connectivity index (χ4n) is 3.96. The molecule has 1 aliphatic heterocycles. The van der Waals surface area contributed by atoms with Gasteiger partial charge in [0.15, 0.2) is 0 Å². The molecule has 6 nitrogen and oxygen atoms in total. The Morgan fingerprint density at radius 3 is 2.73 bits per heavy atom. The molecule has 1 amide bonds. The van der Waals surface area contributed by atoms with Gasteiger partial charge in [0.2, 0.25) is 5.91 Å². The van der Waals surface area contributed by atoms with Crippen molar-refractivity contribution in [3.05, 3.63) is 60.0 Å². The fourth-order valence-corrected chi connectivity index (χ4v) is 6.63. The molecule has 4 aromatic rings. The van der Waals surface area contributed by atoms with Crippen LogP contribution >= 0.6 is 11.3 Å². The molecule has 1 aliphatic rings. The van der Waals surface area contributed by atoms with Gasteiger partial charge in [0, 0.05) is 29.5 Å². The number of amides is 1. The van der Waals surface area contributed by atoms with Crippen molar-refractivity contribution in [2.75, 3.05) is 18.4 Å². The minimum atomic E-state index is -3.54. The monoisotopic (exact) mass is 440 g/mol. The van der Waals surface area contributed by atoms with E-state index in [4.69, 9.17) is 4.42 Å². The number of para-hydroxylation sites is 1. The first-order valence-electron chi connectivity index (χ1n) is 9.78. The number of rotatable bonds is 4. The molecule has 0 saturated carbocycles. The molecule has 154 valence electrons. The first kappa shape index (κ1) is 19.3. The number of furan rings is 1. The molecule has 2 aromatic carbocycles. The van der Waals surface area contributed by atoms with E-state index in [1.54, 1.807) is 17.5 Å². The fraction of sp³-hybridized carbons (Fsp3) is 0.227. The van der Waals surface area contributed by atoms with Gasteiger partial charge >= 0.3 is 0 Å². The van der Waals surface area contributed by atoms with E-state index in [9.17, 15) is 13.2 Å². The molecule has 8 heteroatoms. The van der Waals surface area contributed by atoms with Crippen LogP contribution in [0.3, 0.4) is 0 Å². The van der Waals surface area contributed by atoms with Gasteiger partial charge in [-0.05, 0) is 48.6 Å². The molecule has 1 saturated heterocycles. The van der Waals surface area contributed by atoms with Gasteiger partial charge in [-0.15, -0.1) is 11.3 Å². The number of sulfonamides is 1. The molecule has 1 fully saturated rings. The Kier molecular flexibility index (Phi) is 4.85. The van der Waals surface area contributed by atoms with Crippen LogP contribution in [0, 0.1) is 5.92 Å². The Hall–Kier alpha value is -2.68. The van der Waals surface area contributed by atoms with Crippen LogP contribution < -0.4 is 5.32 Å². The van der Waals surface area contributed by atoms with E-state index in [0.29, 0.717) is 29.3 Å². The third kappa shape index (κ3) is 3.40. The zero-order chi connectivity index (χ0) is 20.7. The molecule has 0 aliphatic carbocycles. The molecular weight excluding hydrogens is 420 g/mol. The number of fused-ring (bicyclic) bond motifs is 3. The van der Waals surface area contributed by atoms with Crippen molar-refractivity contribution in [2.24, 2.45) is 5.92 Å². The summed E-state index contributed by atoms with van der Waals surface area (Å²) in [6.45, 7) is 0.639. The van der Waals surface area contributed by atoms with Gasteiger partial charge < -0.3 is 9.73 Å². The molecule has 5 rings (SSSR count). The summed E-state index contributed by atoms with van der Waals surface area (Å²) in [6.07, 6.45) is 1.33. The smallest absolute Gasteiger partial charge is 0.252 e. The zero-order valence-corrected chi connectivity index (χ0v) is 17.7. The number of carbonyl (C=O) groups is 1. The molecule has 2 aromatic heterocycles. The predicted octanol–water partition coefficient (Wildman–Crippen LogP) is 4.69. The highest BCUT2D eigenvalue weighted by molar-refractivity contribution is 7.91. The molecule has 0 radical (unpaired) electrons. The summed E-state index contributed by atoms with van der Waals surface area (Å²) in [6, 6.07) is 16.7. The second kappa shape index (κ2) is 7.54. The van der Waals surface area contributed by atoms with Crippen LogP contribution in [0.1, 0.15) is 12.8 Å². The molecule has 1 unspecified atom stereocenters. The molecule has 30 heavy (non-hydrogen) atoms. The van der Waals surface area contributed by atoms with Crippen molar-refractivity contribution in [1.82, 2.24) is 4.31 Å². The van der Waals surface area contributed by atoms with Crippen molar-refractivity contribution in [3.8, 4) is 0 Å². The van der Waals surface area contributed by atoms with Gasteiger partial charge in [0.25, 0.3) is 10.0 Å². The number of hydrogen-bond acceptors (Lipinski definition) is 5. The van der Waals surface area contributed by atoms with Crippen LogP contribution in [-0.2, 0) is 14.8 Å².